The topological polar surface area (TPSA) is 83.5 Å². The Labute approximate surface area is 111 Å². The lowest BCUT2D eigenvalue weighted by Crippen LogP contribution is -2.37. The summed E-state index contributed by atoms with van der Waals surface area (Å²) in [7, 11) is -0.855. The summed E-state index contributed by atoms with van der Waals surface area (Å²) < 4.78 is 10.8. The quantitative estimate of drug-likeness (QED) is 0.619. The van der Waals surface area contributed by atoms with Crippen LogP contribution in [0.1, 0.15) is 39.5 Å². The monoisotopic (exact) mass is 277 g/mol. The van der Waals surface area contributed by atoms with E-state index in [1.54, 1.807) is 20.1 Å². The summed E-state index contributed by atoms with van der Waals surface area (Å²) in [5.41, 5.74) is -0.961. The molecule has 1 unspecified atom stereocenters. The summed E-state index contributed by atoms with van der Waals surface area (Å²) in [4.78, 5) is 22.9. The molecule has 0 aliphatic heterocycles. The molecule has 0 aliphatic carbocycles. The standard InChI is InChI=1S/C12H23NO4S/c1-4-12(5-2,11(15)16)9-10(14)13-7-6-8-18(3)17/h4-9H2,1-3H3,(H,13,14)(H,15,16). The van der Waals surface area contributed by atoms with E-state index in [1.807, 2.05) is 0 Å². The van der Waals surface area contributed by atoms with Crippen molar-refractivity contribution < 1.29 is 18.9 Å². The van der Waals surface area contributed by atoms with Gasteiger partial charge in [0.15, 0.2) is 0 Å². The van der Waals surface area contributed by atoms with Crippen LogP contribution in [0, 0.1) is 5.41 Å². The highest BCUT2D eigenvalue weighted by atomic mass is 32.2. The van der Waals surface area contributed by atoms with Gasteiger partial charge in [-0.3, -0.25) is 13.8 Å². The van der Waals surface area contributed by atoms with Gasteiger partial charge in [-0.05, 0) is 19.3 Å². The van der Waals surface area contributed by atoms with Crippen molar-refractivity contribution in [2.24, 2.45) is 5.41 Å². The number of amides is 1. The second kappa shape index (κ2) is 8.24. The number of hydrogen-bond acceptors (Lipinski definition) is 3. The number of aliphatic carboxylic acids is 1. The molecule has 1 amide bonds. The molecule has 0 saturated heterocycles. The van der Waals surface area contributed by atoms with Gasteiger partial charge >= 0.3 is 5.97 Å². The van der Waals surface area contributed by atoms with Crippen molar-refractivity contribution in [1.82, 2.24) is 5.32 Å². The van der Waals surface area contributed by atoms with E-state index in [1.165, 1.54) is 0 Å². The summed E-state index contributed by atoms with van der Waals surface area (Å²) in [6.45, 7) is 4.01. The molecule has 0 aliphatic rings. The first kappa shape index (κ1) is 17.1. The highest BCUT2D eigenvalue weighted by molar-refractivity contribution is 7.84. The lowest BCUT2D eigenvalue weighted by molar-refractivity contribution is -0.152. The number of carboxylic acids is 1. The van der Waals surface area contributed by atoms with Gasteiger partial charge in [0.05, 0.1) is 5.41 Å². The van der Waals surface area contributed by atoms with Crippen LogP contribution in [0.4, 0.5) is 0 Å². The minimum Gasteiger partial charge on any atom is -0.481 e. The predicted molar refractivity (Wildman–Crippen MR) is 71.8 cm³/mol. The van der Waals surface area contributed by atoms with E-state index in [0.717, 1.165) is 0 Å². The van der Waals surface area contributed by atoms with Gasteiger partial charge in [-0.15, -0.1) is 0 Å². The Bertz CT molecular complexity index is 313. The SMILES string of the molecule is CCC(CC)(CC(=O)NCCCS(C)=O)C(=O)O. The Morgan fingerprint density at radius 3 is 2.22 bits per heavy atom. The van der Waals surface area contributed by atoms with E-state index in [-0.39, 0.29) is 12.3 Å². The van der Waals surface area contributed by atoms with Gasteiger partial charge in [0, 0.05) is 35.8 Å². The second-order valence-corrected chi connectivity index (χ2v) is 6.00. The number of carboxylic acid groups (broad SMARTS) is 1. The average Bonchev–Trinajstić information content (AvgIpc) is 2.31. The summed E-state index contributed by atoms with van der Waals surface area (Å²) in [5, 5.41) is 11.9. The molecule has 2 N–H and O–H groups in total. The molecule has 0 heterocycles. The molecule has 0 fully saturated rings. The van der Waals surface area contributed by atoms with Crippen molar-refractivity contribution in [1.29, 1.82) is 0 Å². The Balaban J connectivity index is 4.19. The number of rotatable bonds is 9. The molecule has 0 saturated carbocycles. The third-order valence-corrected chi connectivity index (χ3v) is 4.10. The molecular formula is C12H23NO4S. The highest BCUT2D eigenvalue weighted by Gasteiger charge is 2.36. The van der Waals surface area contributed by atoms with Crippen LogP contribution in [0.5, 0.6) is 0 Å². The summed E-state index contributed by atoms with van der Waals surface area (Å²) in [6, 6.07) is 0. The molecule has 18 heavy (non-hydrogen) atoms. The third-order valence-electron chi connectivity index (χ3n) is 3.24. The highest BCUT2D eigenvalue weighted by Crippen LogP contribution is 2.30. The van der Waals surface area contributed by atoms with Gasteiger partial charge < -0.3 is 10.4 Å². The minimum atomic E-state index is -0.961. The van der Waals surface area contributed by atoms with E-state index >= 15 is 0 Å². The Morgan fingerprint density at radius 2 is 1.83 bits per heavy atom. The lowest BCUT2D eigenvalue weighted by atomic mass is 9.79. The van der Waals surface area contributed by atoms with Crippen molar-refractivity contribution >= 4 is 22.7 Å². The van der Waals surface area contributed by atoms with E-state index in [0.29, 0.717) is 31.6 Å². The van der Waals surface area contributed by atoms with Crippen LogP contribution < -0.4 is 5.32 Å². The van der Waals surface area contributed by atoms with Gasteiger partial charge in [0.25, 0.3) is 0 Å². The van der Waals surface area contributed by atoms with Gasteiger partial charge in [-0.1, -0.05) is 13.8 Å². The maximum absolute atomic E-state index is 11.7. The predicted octanol–water partition coefficient (Wildman–Crippen LogP) is 1.15. The molecule has 0 bridgehead atoms. The number of nitrogens with one attached hydrogen (secondary N) is 1. The number of hydrogen-bond donors (Lipinski definition) is 2. The fourth-order valence-electron chi connectivity index (χ4n) is 1.75. The van der Waals surface area contributed by atoms with Crippen molar-refractivity contribution in [3.8, 4) is 0 Å². The molecule has 0 rings (SSSR count). The van der Waals surface area contributed by atoms with Gasteiger partial charge in [0.1, 0.15) is 0 Å². The van der Waals surface area contributed by atoms with Crippen LogP contribution in [-0.2, 0) is 20.4 Å². The summed E-state index contributed by atoms with van der Waals surface area (Å²) in [5.74, 6) is -0.619. The van der Waals surface area contributed by atoms with Gasteiger partial charge in [0.2, 0.25) is 5.91 Å². The third kappa shape index (κ3) is 5.62. The van der Waals surface area contributed by atoms with E-state index in [2.05, 4.69) is 5.32 Å². The second-order valence-electron chi connectivity index (χ2n) is 4.45. The largest absolute Gasteiger partial charge is 0.481 e. The Hall–Kier alpha value is -0.910. The van der Waals surface area contributed by atoms with Gasteiger partial charge in [-0.2, -0.15) is 0 Å². The van der Waals surface area contributed by atoms with E-state index in [9.17, 15) is 18.9 Å². The maximum Gasteiger partial charge on any atom is 0.310 e. The number of carbonyl (C=O) groups excluding carboxylic acids is 1. The van der Waals surface area contributed by atoms with Gasteiger partial charge in [-0.25, -0.2) is 0 Å². The molecule has 106 valence electrons. The van der Waals surface area contributed by atoms with Crippen molar-refractivity contribution in [3.05, 3.63) is 0 Å². The molecule has 0 spiro atoms. The number of carbonyl (C=O) groups is 2. The first-order valence-corrected chi connectivity index (χ1v) is 7.90. The van der Waals surface area contributed by atoms with Crippen LogP contribution in [0.2, 0.25) is 0 Å². The molecule has 6 heteroatoms. The first-order valence-electron chi connectivity index (χ1n) is 6.18. The summed E-state index contributed by atoms with van der Waals surface area (Å²) in [6.07, 6.45) is 3.14. The fourth-order valence-corrected chi connectivity index (χ4v) is 2.30. The zero-order valence-electron chi connectivity index (χ0n) is 11.3. The minimum absolute atomic E-state index is 0.00451. The van der Waals surface area contributed by atoms with E-state index in [4.69, 9.17) is 0 Å². The Kier molecular flexibility index (Phi) is 7.82. The van der Waals surface area contributed by atoms with Crippen molar-refractivity contribution in [3.63, 3.8) is 0 Å². The smallest absolute Gasteiger partial charge is 0.310 e. The van der Waals surface area contributed by atoms with Crippen molar-refractivity contribution in [2.75, 3.05) is 18.6 Å². The molecule has 0 aromatic carbocycles. The molecule has 0 aromatic heterocycles. The van der Waals surface area contributed by atoms with E-state index < -0.39 is 22.2 Å². The lowest BCUT2D eigenvalue weighted by Gasteiger charge is -2.25. The first-order chi connectivity index (χ1) is 8.38. The summed E-state index contributed by atoms with van der Waals surface area (Å²) >= 11 is 0. The van der Waals surface area contributed by atoms with Crippen LogP contribution in [0.3, 0.4) is 0 Å². The molecule has 1 atom stereocenters. The molecule has 5 nitrogen and oxygen atoms in total. The van der Waals surface area contributed by atoms with Crippen LogP contribution in [-0.4, -0.2) is 39.7 Å². The molecule has 0 radical (unpaired) electrons. The van der Waals surface area contributed by atoms with Crippen LogP contribution >= 0.6 is 0 Å². The normalized spacial score (nSPS) is 13.1. The fraction of sp³-hybridized carbons (Fsp3) is 0.833. The zero-order chi connectivity index (χ0) is 14.2. The maximum atomic E-state index is 11.7. The average molecular weight is 277 g/mol. The van der Waals surface area contributed by atoms with Crippen LogP contribution in [0.15, 0.2) is 0 Å². The molecular weight excluding hydrogens is 254 g/mol. The zero-order valence-corrected chi connectivity index (χ0v) is 12.1. The van der Waals surface area contributed by atoms with Crippen molar-refractivity contribution in [2.45, 2.75) is 39.5 Å². The Morgan fingerprint density at radius 1 is 1.28 bits per heavy atom. The molecule has 0 aromatic rings. The van der Waals surface area contributed by atoms with Crippen LogP contribution in [0.25, 0.3) is 0 Å².